The number of carbonyl (C=O) groups is 2. The van der Waals surface area contributed by atoms with Gasteiger partial charge in [-0.25, -0.2) is 8.42 Å². The topological polar surface area (TPSA) is 86.8 Å². The molecule has 7 nitrogen and oxygen atoms in total. The molecule has 0 heterocycles. The fraction of sp³-hybridized carbons (Fsp3) is 0.310. The number of hydrogen-bond acceptors (Lipinski definition) is 4. The second-order valence-electron chi connectivity index (χ2n) is 10.2. The van der Waals surface area contributed by atoms with E-state index in [1.807, 2.05) is 52.0 Å². The Bertz CT molecular complexity index is 1370. The summed E-state index contributed by atoms with van der Waals surface area (Å²) in [6, 6.07) is 21.0. The first-order chi connectivity index (χ1) is 17.8. The maximum Gasteiger partial charge on any atom is 0.264 e. The number of anilines is 1. The molecule has 3 rings (SSSR count). The lowest BCUT2D eigenvalue weighted by molar-refractivity contribution is -0.140. The van der Waals surface area contributed by atoms with E-state index in [0.29, 0.717) is 5.02 Å². The summed E-state index contributed by atoms with van der Waals surface area (Å²) in [5.74, 6) is -0.861. The molecule has 1 atom stereocenters. The fourth-order valence-electron chi connectivity index (χ4n) is 3.83. The predicted molar refractivity (Wildman–Crippen MR) is 152 cm³/mol. The Balaban J connectivity index is 2.02. The minimum atomic E-state index is -4.13. The van der Waals surface area contributed by atoms with Gasteiger partial charge in [0.1, 0.15) is 12.6 Å². The Labute approximate surface area is 230 Å². The van der Waals surface area contributed by atoms with E-state index in [1.165, 1.54) is 23.1 Å². The van der Waals surface area contributed by atoms with Crippen LogP contribution in [0.5, 0.6) is 0 Å². The minimum Gasteiger partial charge on any atom is -0.350 e. The van der Waals surface area contributed by atoms with Gasteiger partial charge in [-0.1, -0.05) is 65.7 Å². The molecule has 0 spiro atoms. The van der Waals surface area contributed by atoms with E-state index in [4.69, 9.17) is 11.6 Å². The molecule has 0 aromatic heterocycles. The van der Waals surface area contributed by atoms with E-state index in [-0.39, 0.29) is 23.0 Å². The van der Waals surface area contributed by atoms with Gasteiger partial charge in [0.05, 0.1) is 10.6 Å². The molecule has 0 aliphatic rings. The van der Waals surface area contributed by atoms with Crippen LogP contribution in [0.2, 0.25) is 5.02 Å². The maximum atomic E-state index is 13.9. The summed E-state index contributed by atoms with van der Waals surface area (Å²) in [7, 11) is -4.13. The van der Waals surface area contributed by atoms with Crippen molar-refractivity contribution in [3.05, 3.63) is 95.0 Å². The molecule has 0 bridgehead atoms. The molecule has 0 saturated carbocycles. The van der Waals surface area contributed by atoms with Crippen molar-refractivity contribution in [2.24, 2.45) is 0 Å². The zero-order chi connectivity index (χ0) is 28.1. The van der Waals surface area contributed by atoms with Gasteiger partial charge in [0.25, 0.3) is 10.0 Å². The van der Waals surface area contributed by atoms with E-state index in [9.17, 15) is 18.0 Å². The third kappa shape index (κ3) is 7.58. The number of nitrogens with one attached hydrogen (secondary N) is 1. The van der Waals surface area contributed by atoms with E-state index >= 15 is 0 Å². The number of nitrogens with zero attached hydrogens (tertiary/aromatic N) is 2. The summed E-state index contributed by atoms with van der Waals surface area (Å²) >= 11 is 6.19. The van der Waals surface area contributed by atoms with Gasteiger partial charge in [-0.3, -0.25) is 13.9 Å². The molecule has 3 aromatic carbocycles. The van der Waals surface area contributed by atoms with E-state index in [2.05, 4.69) is 5.32 Å². The van der Waals surface area contributed by atoms with Crippen LogP contribution in [-0.2, 0) is 26.2 Å². The smallest absolute Gasteiger partial charge is 0.264 e. The zero-order valence-corrected chi connectivity index (χ0v) is 23.9. The highest BCUT2D eigenvalue weighted by atomic mass is 35.5. The number of carbonyl (C=O) groups excluding carboxylic acids is 2. The van der Waals surface area contributed by atoms with Crippen LogP contribution in [0.25, 0.3) is 0 Å². The van der Waals surface area contributed by atoms with E-state index in [0.717, 1.165) is 15.4 Å². The summed E-state index contributed by atoms with van der Waals surface area (Å²) in [6.45, 7) is 8.79. The lowest BCUT2D eigenvalue weighted by atomic mass is 10.1. The molecule has 9 heteroatoms. The number of halogens is 1. The van der Waals surface area contributed by atoms with Gasteiger partial charge in [0.15, 0.2) is 0 Å². The molecule has 0 fully saturated rings. The fourth-order valence-corrected chi connectivity index (χ4v) is 5.44. The first-order valence-corrected chi connectivity index (χ1v) is 14.1. The van der Waals surface area contributed by atoms with Crippen molar-refractivity contribution in [3.63, 3.8) is 0 Å². The molecule has 202 valence electrons. The highest BCUT2D eigenvalue weighted by molar-refractivity contribution is 7.92. The summed E-state index contributed by atoms with van der Waals surface area (Å²) in [6.07, 6.45) is 0. The molecule has 1 unspecified atom stereocenters. The number of benzene rings is 3. The molecular weight excluding hydrogens is 522 g/mol. The van der Waals surface area contributed by atoms with Crippen molar-refractivity contribution in [2.45, 2.75) is 57.6 Å². The van der Waals surface area contributed by atoms with Gasteiger partial charge < -0.3 is 10.2 Å². The molecule has 3 aromatic rings. The van der Waals surface area contributed by atoms with Gasteiger partial charge in [0, 0.05) is 17.1 Å². The van der Waals surface area contributed by atoms with Gasteiger partial charge >= 0.3 is 0 Å². The largest absolute Gasteiger partial charge is 0.350 e. The summed E-state index contributed by atoms with van der Waals surface area (Å²) in [5, 5.41) is 3.25. The van der Waals surface area contributed by atoms with E-state index in [1.54, 1.807) is 43.3 Å². The lowest BCUT2D eigenvalue weighted by Gasteiger charge is -2.33. The molecule has 0 aliphatic carbocycles. The molecule has 0 aliphatic heterocycles. The van der Waals surface area contributed by atoms with Crippen LogP contribution in [0.4, 0.5) is 5.69 Å². The number of sulfonamides is 1. The number of aryl methyl sites for hydroxylation is 1. The zero-order valence-electron chi connectivity index (χ0n) is 22.3. The van der Waals surface area contributed by atoms with Crippen molar-refractivity contribution in [1.29, 1.82) is 0 Å². The Hall–Kier alpha value is -3.36. The van der Waals surface area contributed by atoms with Crippen molar-refractivity contribution >= 4 is 39.1 Å². The molecule has 1 N–H and O–H groups in total. The average Bonchev–Trinajstić information content (AvgIpc) is 2.85. The van der Waals surface area contributed by atoms with Gasteiger partial charge in [0.2, 0.25) is 11.8 Å². The predicted octanol–water partition coefficient (Wildman–Crippen LogP) is 5.18. The molecule has 0 radical (unpaired) electrons. The lowest BCUT2D eigenvalue weighted by Crippen LogP contribution is -2.54. The van der Waals surface area contributed by atoms with Crippen LogP contribution in [0, 0.1) is 6.92 Å². The number of amides is 2. The first-order valence-electron chi connectivity index (χ1n) is 12.3. The minimum absolute atomic E-state index is 0.0383. The molecular formula is C29H34ClN3O4S. The third-order valence-corrected chi connectivity index (χ3v) is 7.87. The third-order valence-electron chi connectivity index (χ3n) is 5.85. The quantitative estimate of drug-likeness (QED) is 0.394. The van der Waals surface area contributed by atoms with Crippen LogP contribution >= 0.6 is 11.6 Å². The van der Waals surface area contributed by atoms with Gasteiger partial charge in [-0.2, -0.15) is 0 Å². The Morgan fingerprint density at radius 2 is 1.58 bits per heavy atom. The maximum absolute atomic E-state index is 13.9. The van der Waals surface area contributed by atoms with Crippen LogP contribution in [0.1, 0.15) is 38.8 Å². The standard InChI is InChI=1S/C29H34ClN3O4S/c1-21-14-16-23(17-15-21)19-32(22(2)28(35)31-29(3,4)5)27(34)20-33(25-11-9-10-24(30)18-25)38(36,37)26-12-7-6-8-13-26/h6-18,22H,19-20H2,1-5H3,(H,31,35). The highest BCUT2D eigenvalue weighted by Crippen LogP contribution is 2.27. The SMILES string of the molecule is Cc1ccc(CN(C(=O)CN(c2cccc(Cl)c2)S(=O)(=O)c2ccccc2)C(C)C(=O)NC(C)(C)C)cc1. The normalized spacial score (nSPS) is 12.5. The van der Waals surface area contributed by atoms with Gasteiger partial charge in [-0.05, 0) is 70.5 Å². The van der Waals surface area contributed by atoms with Gasteiger partial charge in [-0.15, -0.1) is 0 Å². The van der Waals surface area contributed by atoms with Crippen LogP contribution in [-0.4, -0.2) is 43.3 Å². The second-order valence-corrected chi connectivity index (χ2v) is 12.5. The highest BCUT2D eigenvalue weighted by Gasteiger charge is 2.33. The van der Waals surface area contributed by atoms with Crippen molar-refractivity contribution in [3.8, 4) is 0 Å². The summed E-state index contributed by atoms with van der Waals surface area (Å²) < 4.78 is 28.5. The summed E-state index contributed by atoms with van der Waals surface area (Å²) in [4.78, 5) is 28.4. The Morgan fingerprint density at radius 1 is 0.947 bits per heavy atom. The monoisotopic (exact) mass is 555 g/mol. The Morgan fingerprint density at radius 3 is 2.16 bits per heavy atom. The number of rotatable bonds is 9. The Kier molecular flexibility index (Phi) is 9.22. The molecule has 38 heavy (non-hydrogen) atoms. The van der Waals surface area contributed by atoms with Crippen molar-refractivity contribution in [2.75, 3.05) is 10.8 Å². The van der Waals surface area contributed by atoms with Crippen molar-refractivity contribution in [1.82, 2.24) is 10.2 Å². The van der Waals surface area contributed by atoms with Crippen LogP contribution in [0.3, 0.4) is 0 Å². The summed E-state index contributed by atoms with van der Waals surface area (Å²) in [5.41, 5.74) is 1.62. The first kappa shape index (κ1) is 29.2. The van der Waals surface area contributed by atoms with Crippen LogP contribution in [0.15, 0.2) is 83.8 Å². The molecule has 0 saturated heterocycles. The van der Waals surface area contributed by atoms with Crippen molar-refractivity contribution < 1.29 is 18.0 Å². The number of hydrogen-bond donors (Lipinski definition) is 1. The average molecular weight is 556 g/mol. The molecule has 2 amide bonds. The van der Waals surface area contributed by atoms with Crippen LogP contribution < -0.4 is 9.62 Å². The second kappa shape index (κ2) is 12.0. The van der Waals surface area contributed by atoms with E-state index < -0.39 is 34.1 Å².